The SMILES string of the molecule is CC(NC(=O)C(N)CC(=O)O)C(=O)NC1C(C)(C)CCCC1(C)C. The summed E-state index contributed by atoms with van der Waals surface area (Å²) in [5, 5.41) is 14.2. The van der Waals surface area contributed by atoms with Crippen LogP contribution in [0.25, 0.3) is 0 Å². The molecule has 0 aliphatic heterocycles. The van der Waals surface area contributed by atoms with Gasteiger partial charge in [0.05, 0.1) is 12.5 Å². The molecule has 1 aliphatic carbocycles. The summed E-state index contributed by atoms with van der Waals surface area (Å²) in [6.45, 7) is 10.1. The van der Waals surface area contributed by atoms with Gasteiger partial charge in [-0.1, -0.05) is 34.1 Å². The van der Waals surface area contributed by atoms with Gasteiger partial charge >= 0.3 is 5.97 Å². The molecule has 7 nitrogen and oxygen atoms in total. The summed E-state index contributed by atoms with van der Waals surface area (Å²) in [5.74, 6) is -2.07. The molecule has 0 heterocycles. The molecular weight excluding hydrogens is 310 g/mol. The lowest BCUT2D eigenvalue weighted by Crippen LogP contribution is -2.59. The smallest absolute Gasteiger partial charge is 0.305 e. The van der Waals surface area contributed by atoms with Crippen LogP contribution in [-0.2, 0) is 14.4 Å². The predicted molar refractivity (Wildman–Crippen MR) is 91.2 cm³/mol. The zero-order chi connectivity index (χ0) is 18.7. The van der Waals surface area contributed by atoms with Gasteiger partial charge in [0.15, 0.2) is 0 Å². The Labute approximate surface area is 143 Å². The lowest BCUT2D eigenvalue weighted by Gasteiger charge is -2.49. The standard InChI is InChI=1S/C17H31N3O4/c1-10(19-14(24)11(18)9-12(21)22)13(23)20-15-16(2,3)7-6-8-17(15,4)5/h10-11,15H,6-9,18H2,1-5H3,(H,19,24)(H,20,23)(H,21,22). The van der Waals surface area contributed by atoms with Gasteiger partial charge in [0.2, 0.25) is 11.8 Å². The topological polar surface area (TPSA) is 122 Å². The maximum atomic E-state index is 12.5. The fourth-order valence-electron chi connectivity index (χ4n) is 3.67. The van der Waals surface area contributed by atoms with E-state index in [-0.39, 0.29) is 22.8 Å². The summed E-state index contributed by atoms with van der Waals surface area (Å²) >= 11 is 0. The van der Waals surface area contributed by atoms with Gasteiger partial charge in [-0.05, 0) is 30.6 Å². The Morgan fingerprint density at radius 1 is 1.12 bits per heavy atom. The van der Waals surface area contributed by atoms with Crippen molar-refractivity contribution in [2.24, 2.45) is 16.6 Å². The number of hydrogen-bond donors (Lipinski definition) is 4. The fourth-order valence-corrected chi connectivity index (χ4v) is 3.67. The van der Waals surface area contributed by atoms with Crippen molar-refractivity contribution < 1.29 is 19.5 Å². The Balaban J connectivity index is 2.69. The maximum absolute atomic E-state index is 12.5. The molecule has 2 unspecified atom stereocenters. The highest BCUT2D eigenvalue weighted by atomic mass is 16.4. The number of carbonyl (C=O) groups is 3. The molecule has 0 aromatic rings. The Morgan fingerprint density at radius 3 is 2.08 bits per heavy atom. The molecule has 0 spiro atoms. The minimum absolute atomic E-state index is 0.00158. The van der Waals surface area contributed by atoms with Gasteiger partial charge in [-0.2, -0.15) is 0 Å². The third kappa shape index (κ3) is 5.19. The van der Waals surface area contributed by atoms with E-state index in [2.05, 4.69) is 38.3 Å². The van der Waals surface area contributed by atoms with Crippen LogP contribution in [0.5, 0.6) is 0 Å². The van der Waals surface area contributed by atoms with Crippen LogP contribution in [0.15, 0.2) is 0 Å². The average molecular weight is 341 g/mol. The molecule has 1 rings (SSSR count). The monoisotopic (exact) mass is 341 g/mol. The lowest BCUT2D eigenvalue weighted by molar-refractivity contribution is -0.139. The van der Waals surface area contributed by atoms with Crippen LogP contribution in [0, 0.1) is 10.8 Å². The van der Waals surface area contributed by atoms with Crippen LogP contribution in [-0.4, -0.2) is 41.0 Å². The molecule has 2 atom stereocenters. The first kappa shape index (κ1) is 20.4. The van der Waals surface area contributed by atoms with E-state index in [4.69, 9.17) is 10.8 Å². The number of aliphatic carboxylic acids is 1. The van der Waals surface area contributed by atoms with Gasteiger partial charge < -0.3 is 21.5 Å². The number of hydrogen-bond acceptors (Lipinski definition) is 4. The highest BCUT2D eigenvalue weighted by Crippen LogP contribution is 2.45. The van der Waals surface area contributed by atoms with E-state index in [1.165, 1.54) is 0 Å². The van der Waals surface area contributed by atoms with E-state index in [0.717, 1.165) is 19.3 Å². The first-order chi connectivity index (χ1) is 10.9. The summed E-state index contributed by atoms with van der Waals surface area (Å²) in [4.78, 5) is 34.9. The number of nitrogens with two attached hydrogens (primary N) is 1. The summed E-state index contributed by atoms with van der Waals surface area (Å²) in [6.07, 6.45) is 2.72. The molecule has 24 heavy (non-hydrogen) atoms. The molecule has 0 aromatic carbocycles. The number of amides is 2. The van der Waals surface area contributed by atoms with Gasteiger partial charge in [0.1, 0.15) is 6.04 Å². The summed E-state index contributed by atoms with van der Waals surface area (Å²) in [5.41, 5.74) is 5.46. The average Bonchev–Trinajstić information content (AvgIpc) is 2.41. The van der Waals surface area contributed by atoms with Crippen molar-refractivity contribution in [3.63, 3.8) is 0 Å². The van der Waals surface area contributed by atoms with E-state index in [0.29, 0.717) is 0 Å². The zero-order valence-electron chi connectivity index (χ0n) is 15.3. The van der Waals surface area contributed by atoms with Gasteiger partial charge in [0.25, 0.3) is 0 Å². The number of rotatable bonds is 6. The molecule has 2 amide bonds. The first-order valence-corrected chi connectivity index (χ1v) is 8.45. The molecule has 1 aliphatic rings. The van der Waals surface area contributed by atoms with E-state index >= 15 is 0 Å². The van der Waals surface area contributed by atoms with E-state index in [1.54, 1.807) is 6.92 Å². The van der Waals surface area contributed by atoms with Crippen LogP contribution in [0.1, 0.15) is 60.3 Å². The van der Waals surface area contributed by atoms with Crippen LogP contribution >= 0.6 is 0 Å². The third-order valence-corrected chi connectivity index (χ3v) is 4.98. The molecule has 1 saturated carbocycles. The maximum Gasteiger partial charge on any atom is 0.305 e. The second-order valence-corrected chi connectivity index (χ2v) is 8.21. The summed E-state index contributed by atoms with van der Waals surface area (Å²) in [7, 11) is 0. The van der Waals surface area contributed by atoms with Crippen molar-refractivity contribution in [1.82, 2.24) is 10.6 Å². The Hall–Kier alpha value is -1.63. The second-order valence-electron chi connectivity index (χ2n) is 8.21. The Kier molecular flexibility index (Phi) is 6.38. The molecule has 138 valence electrons. The van der Waals surface area contributed by atoms with Crippen molar-refractivity contribution in [3.8, 4) is 0 Å². The van der Waals surface area contributed by atoms with Crippen molar-refractivity contribution in [2.75, 3.05) is 0 Å². The van der Waals surface area contributed by atoms with Crippen molar-refractivity contribution >= 4 is 17.8 Å². The number of nitrogens with one attached hydrogen (secondary N) is 2. The number of carbonyl (C=O) groups excluding carboxylic acids is 2. The van der Waals surface area contributed by atoms with Gasteiger partial charge in [-0.3, -0.25) is 14.4 Å². The molecular formula is C17H31N3O4. The molecule has 0 bridgehead atoms. The molecule has 0 radical (unpaired) electrons. The van der Waals surface area contributed by atoms with Gasteiger partial charge in [0, 0.05) is 6.04 Å². The molecule has 5 N–H and O–H groups in total. The number of carboxylic acids is 1. The molecule has 0 aromatic heterocycles. The fraction of sp³-hybridized carbons (Fsp3) is 0.824. The Morgan fingerprint density at radius 2 is 1.62 bits per heavy atom. The number of carboxylic acid groups (broad SMARTS) is 1. The Bertz CT molecular complexity index is 486. The summed E-state index contributed by atoms with van der Waals surface area (Å²) in [6, 6.07) is -1.94. The summed E-state index contributed by atoms with van der Waals surface area (Å²) < 4.78 is 0. The first-order valence-electron chi connectivity index (χ1n) is 8.45. The van der Waals surface area contributed by atoms with Crippen molar-refractivity contribution in [2.45, 2.75) is 78.4 Å². The van der Waals surface area contributed by atoms with Gasteiger partial charge in [-0.25, -0.2) is 0 Å². The largest absolute Gasteiger partial charge is 0.481 e. The zero-order valence-corrected chi connectivity index (χ0v) is 15.3. The van der Waals surface area contributed by atoms with Crippen molar-refractivity contribution in [1.29, 1.82) is 0 Å². The lowest BCUT2D eigenvalue weighted by atomic mass is 9.61. The van der Waals surface area contributed by atoms with Crippen molar-refractivity contribution in [3.05, 3.63) is 0 Å². The van der Waals surface area contributed by atoms with Crippen LogP contribution in [0.2, 0.25) is 0 Å². The molecule has 7 heteroatoms. The van der Waals surface area contributed by atoms with Crippen LogP contribution in [0.3, 0.4) is 0 Å². The molecule has 0 saturated heterocycles. The van der Waals surface area contributed by atoms with Crippen LogP contribution < -0.4 is 16.4 Å². The minimum atomic E-state index is -1.17. The third-order valence-electron chi connectivity index (χ3n) is 4.98. The molecule has 1 fully saturated rings. The van der Waals surface area contributed by atoms with E-state index in [9.17, 15) is 14.4 Å². The van der Waals surface area contributed by atoms with Gasteiger partial charge in [-0.15, -0.1) is 0 Å². The highest BCUT2D eigenvalue weighted by Gasteiger charge is 2.45. The highest BCUT2D eigenvalue weighted by molar-refractivity contribution is 5.91. The minimum Gasteiger partial charge on any atom is -0.481 e. The quantitative estimate of drug-likeness (QED) is 0.574. The predicted octanol–water partition coefficient (Wildman–Crippen LogP) is 1.01. The van der Waals surface area contributed by atoms with E-state index in [1.807, 2.05) is 0 Å². The van der Waals surface area contributed by atoms with E-state index < -0.39 is 30.4 Å². The normalized spacial score (nSPS) is 22.2. The van der Waals surface area contributed by atoms with Crippen LogP contribution in [0.4, 0.5) is 0 Å². The second kappa shape index (κ2) is 7.51.